The van der Waals surface area contributed by atoms with Crippen LogP contribution in [-0.2, 0) is 11.3 Å². The molecule has 2 atom stereocenters. The van der Waals surface area contributed by atoms with E-state index in [9.17, 15) is 4.79 Å². The van der Waals surface area contributed by atoms with Crippen molar-refractivity contribution in [2.75, 3.05) is 26.2 Å². The minimum atomic E-state index is -0.0406. The quantitative estimate of drug-likeness (QED) is 0.763. The van der Waals surface area contributed by atoms with Crippen LogP contribution in [0.3, 0.4) is 0 Å². The fraction of sp³-hybridized carbons (Fsp3) is 0.720. The van der Waals surface area contributed by atoms with Gasteiger partial charge in [0.1, 0.15) is 0 Å². The lowest BCUT2D eigenvalue weighted by atomic mass is 9.40. The highest BCUT2D eigenvalue weighted by Crippen LogP contribution is 2.69. The second-order valence-electron chi connectivity index (χ2n) is 11.4. The molecule has 2 unspecified atom stereocenters. The number of piperazine rings is 1. The smallest absolute Gasteiger partial charge is 0.228 e. The summed E-state index contributed by atoms with van der Waals surface area (Å²) in [5.41, 5.74) is 3.58. The number of rotatable bonds is 3. The minimum Gasteiger partial charge on any atom is -0.340 e. The van der Waals surface area contributed by atoms with Gasteiger partial charge >= 0.3 is 0 Å². The molecule has 5 aliphatic rings. The first kappa shape index (κ1) is 18.7. The maximum atomic E-state index is 13.8. The number of carbonyl (C=O) groups is 1. The predicted octanol–water partition coefficient (Wildman–Crippen LogP) is 4.64. The first-order valence-corrected chi connectivity index (χ1v) is 11.3. The van der Waals surface area contributed by atoms with E-state index in [2.05, 4.69) is 54.8 Å². The molecule has 3 nitrogen and oxygen atoms in total. The third-order valence-corrected chi connectivity index (χ3v) is 8.39. The van der Waals surface area contributed by atoms with Gasteiger partial charge in [0.15, 0.2) is 0 Å². The van der Waals surface area contributed by atoms with Gasteiger partial charge in [0.25, 0.3) is 0 Å². The number of hydrogen-bond acceptors (Lipinski definition) is 2. The monoisotopic (exact) mass is 380 g/mol. The molecule has 1 amide bonds. The number of aryl methyl sites for hydroxylation is 1. The van der Waals surface area contributed by atoms with Crippen LogP contribution < -0.4 is 0 Å². The van der Waals surface area contributed by atoms with Crippen LogP contribution in [0.25, 0.3) is 0 Å². The summed E-state index contributed by atoms with van der Waals surface area (Å²) in [4.78, 5) is 18.5. The molecule has 28 heavy (non-hydrogen) atoms. The summed E-state index contributed by atoms with van der Waals surface area (Å²) in [5, 5.41) is 0. The Bertz CT molecular complexity index is 761. The van der Waals surface area contributed by atoms with E-state index in [1.54, 1.807) is 0 Å². The van der Waals surface area contributed by atoms with Gasteiger partial charge in [-0.1, -0.05) is 38.1 Å². The van der Waals surface area contributed by atoms with Gasteiger partial charge in [-0.2, -0.15) is 0 Å². The molecule has 152 valence electrons. The first-order valence-electron chi connectivity index (χ1n) is 11.3. The maximum Gasteiger partial charge on any atom is 0.228 e. The zero-order valence-electron chi connectivity index (χ0n) is 18.0. The second kappa shape index (κ2) is 6.32. The number of carbonyl (C=O) groups excluding carboxylic acids is 1. The number of nitrogens with zero attached hydrogens (tertiary/aromatic N) is 2. The van der Waals surface area contributed by atoms with Gasteiger partial charge in [0.05, 0.1) is 5.41 Å². The largest absolute Gasteiger partial charge is 0.340 e. The van der Waals surface area contributed by atoms with Gasteiger partial charge < -0.3 is 4.90 Å². The number of benzene rings is 1. The Kier molecular flexibility index (Phi) is 4.21. The van der Waals surface area contributed by atoms with Crippen molar-refractivity contribution >= 4 is 5.91 Å². The summed E-state index contributed by atoms with van der Waals surface area (Å²) in [6, 6.07) is 8.69. The van der Waals surface area contributed by atoms with E-state index >= 15 is 0 Å². The third-order valence-electron chi connectivity index (χ3n) is 8.39. The average molecular weight is 381 g/mol. The van der Waals surface area contributed by atoms with Crippen molar-refractivity contribution in [2.45, 2.75) is 65.8 Å². The summed E-state index contributed by atoms with van der Waals surface area (Å²) >= 11 is 0. The summed E-state index contributed by atoms with van der Waals surface area (Å²) in [7, 11) is 0. The minimum absolute atomic E-state index is 0.0406. The van der Waals surface area contributed by atoms with Gasteiger partial charge in [-0.25, -0.2) is 0 Å². The molecular weight excluding hydrogens is 344 g/mol. The van der Waals surface area contributed by atoms with Gasteiger partial charge in [-0.05, 0) is 73.3 Å². The Morgan fingerprint density at radius 1 is 0.964 bits per heavy atom. The number of amides is 1. The van der Waals surface area contributed by atoms with Crippen molar-refractivity contribution < 1.29 is 4.79 Å². The van der Waals surface area contributed by atoms with Gasteiger partial charge in [0.2, 0.25) is 5.91 Å². The molecule has 1 saturated heterocycles. The fourth-order valence-electron chi connectivity index (χ4n) is 8.16. The molecule has 5 fully saturated rings. The van der Waals surface area contributed by atoms with Crippen molar-refractivity contribution in [3.05, 3.63) is 35.4 Å². The maximum absolute atomic E-state index is 13.8. The van der Waals surface area contributed by atoms with Crippen LogP contribution in [0, 0.1) is 29.1 Å². The van der Waals surface area contributed by atoms with E-state index in [-0.39, 0.29) is 5.41 Å². The topological polar surface area (TPSA) is 23.6 Å². The molecule has 1 aromatic carbocycles. The van der Waals surface area contributed by atoms with Crippen molar-refractivity contribution in [3.8, 4) is 0 Å². The lowest BCUT2D eigenvalue weighted by molar-refractivity contribution is -0.180. The van der Waals surface area contributed by atoms with Crippen LogP contribution in [0.15, 0.2) is 24.3 Å². The molecule has 4 saturated carbocycles. The lowest BCUT2D eigenvalue weighted by Gasteiger charge is -2.65. The summed E-state index contributed by atoms with van der Waals surface area (Å²) in [6.07, 6.45) is 7.53. The molecule has 6 rings (SSSR count). The van der Waals surface area contributed by atoms with Gasteiger partial charge in [-0.15, -0.1) is 0 Å². The average Bonchev–Trinajstić information content (AvgIpc) is 2.61. The SMILES string of the molecule is Cc1ccccc1CN1CCN(C(=O)C23CC4CC(C)(CC(C)(C4)C2)C3)CC1. The highest BCUT2D eigenvalue weighted by Gasteiger charge is 2.63. The standard InChI is InChI=1S/C25H36N2O/c1-19-6-4-5-7-21(19)15-26-8-10-27(11-9-26)22(28)25-14-20-12-23(2,17-25)16-24(3,13-20)18-25/h4-7,20H,8-18H2,1-3H3. The predicted molar refractivity (Wildman–Crippen MR) is 113 cm³/mol. The molecule has 3 heteroatoms. The molecule has 4 bridgehead atoms. The Hall–Kier alpha value is -1.35. The van der Waals surface area contributed by atoms with Crippen LogP contribution in [-0.4, -0.2) is 41.9 Å². The van der Waals surface area contributed by atoms with Crippen LogP contribution in [0.5, 0.6) is 0 Å². The van der Waals surface area contributed by atoms with Crippen molar-refractivity contribution in [3.63, 3.8) is 0 Å². The molecular formula is C25H36N2O. The molecule has 0 spiro atoms. The molecule has 0 aromatic heterocycles. The Morgan fingerprint density at radius 2 is 1.61 bits per heavy atom. The highest BCUT2D eigenvalue weighted by atomic mass is 16.2. The Labute approximate surface area is 170 Å². The Morgan fingerprint density at radius 3 is 2.21 bits per heavy atom. The van der Waals surface area contributed by atoms with E-state index in [1.165, 1.54) is 36.8 Å². The summed E-state index contributed by atoms with van der Waals surface area (Å²) < 4.78 is 0. The summed E-state index contributed by atoms with van der Waals surface area (Å²) in [5.74, 6) is 1.29. The van der Waals surface area contributed by atoms with E-state index in [0.29, 0.717) is 16.7 Å². The normalized spacial score (nSPS) is 40.1. The van der Waals surface area contributed by atoms with Crippen LogP contribution in [0.4, 0.5) is 0 Å². The molecule has 1 aliphatic heterocycles. The molecule has 0 N–H and O–H groups in total. The lowest BCUT2D eigenvalue weighted by Crippen LogP contribution is -2.62. The summed E-state index contributed by atoms with van der Waals surface area (Å²) in [6.45, 7) is 12.0. The van der Waals surface area contributed by atoms with Crippen LogP contribution >= 0.6 is 0 Å². The molecule has 4 aliphatic carbocycles. The first-order chi connectivity index (χ1) is 13.3. The van der Waals surface area contributed by atoms with Gasteiger partial charge in [0, 0.05) is 32.7 Å². The second-order valence-corrected chi connectivity index (χ2v) is 11.4. The zero-order valence-corrected chi connectivity index (χ0v) is 18.0. The van der Waals surface area contributed by atoms with Crippen molar-refractivity contribution in [2.24, 2.45) is 22.2 Å². The molecule has 0 radical (unpaired) electrons. The van der Waals surface area contributed by atoms with Crippen molar-refractivity contribution in [1.82, 2.24) is 9.80 Å². The van der Waals surface area contributed by atoms with Crippen molar-refractivity contribution in [1.29, 1.82) is 0 Å². The molecule has 1 heterocycles. The van der Waals surface area contributed by atoms with E-state index < -0.39 is 0 Å². The van der Waals surface area contributed by atoms with Crippen LogP contribution in [0.1, 0.15) is 63.5 Å². The van der Waals surface area contributed by atoms with Gasteiger partial charge in [-0.3, -0.25) is 9.69 Å². The van der Waals surface area contributed by atoms with E-state index in [1.807, 2.05) is 0 Å². The van der Waals surface area contributed by atoms with E-state index in [0.717, 1.165) is 51.5 Å². The molecule has 1 aromatic rings. The van der Waals surface area contributed by atoms with Crippen LogP contribution in [0.2, 0.25) is 0 Å². The fourth-order valence-corrected chi connectivity index (χ4v) is 8.16. The highest BCUT2D eigenvalue weighted by molar-refractivity contribution is 5.83. The Balaban J connectivity index is 1.26. The number of hydrogen-bond donors (Lipinski definition) is 0. The van der Waals surface area contributed by atoms with E-state index in [4.69, 9.17) is 0 Å². The third kappa shape index (κ3) is 3.10. The zero-order chi connectivity index (χ0) is 19.6.